The highest BCUT2D eigenvalue weighted by molar-refractivity contribution is 6.31. The molecule has 24 heavy (non-hydrogen) atoms. The number of rotatable bonds is 3. The second kappa shape index (κ2) is 7.10. The summed E-state index contributed by atoms with van der Waals surface area (Å²) in [6.07, 6.45) is 3.26. The van der Waals surface area contributed by atoms with Gasteiger partial charge in [-0.25, -0.2) is 0 Å². The number of halogens is 1. The van der Waals surface area contributed by atoms with Gasteiger partial charge in [0.1, 0.15) is 6.07 Å². The minimum Gasteiger partial charge on any atom is -0.381 e. The molecule has 2 saturated heterocycles. The van der Waals surface area contributed by atoms with Crippen molar-refractivity contribution in [1.82, 2.24) is 4.90 Å². The van der Waals surface area contributed by atoms with Crippen LogP contribution in [0.5, 0.6) is 0 Å². The van der Waals surface area contributed by atoms with Crippen LogP contribution in [0.2, 0.25) is 5.02 Å². The standard InChI is InChI=1S/C18H22ClN3O2/c1-13-9-18(4-6-24-7-5-18)12-22(13)11-17(23)21-16-8-15(19)3-2-14(16)10-20/h2-3,8,13H,4-7,9,11-12H2,1H3,(H,21,23). The van der Waals surface area contributed by atoms with Gasteiger partial charge in [-0.05, 0) is 49.8 Å². The molecule has 2 aliphatic rings. The van der Waals surface area contributed by atoms with Crippen LogP contribution in [-0.4, -0.2) is 43.2 Å². The van der Waals surface area contributed by atoms with Crippen LogP contribution in [-0.2, 0) is 9.53 Å². The molecule has 1 spiro atoms. The van der Waals surface area contributed by atoms with Gasteiger partial charge < -0.3 is 10.1 Å². The molecule has 1 amide bonds. The normalized spacial score (nSPS) is 23.1. The van der Waals surface area contributed by atoms with Gasteiger partial charge in [-0.3, -0.25) is 9.69 Å². The SMILES string of the molecule is CC1CC2(CCOCC2)CN1CC(=O)Nc1cc(Cl)ccc1C#N. The Morgan fingerprint density at radius 1 is 1.50 bits per heavy atom. The summed E-state index contributed by atoms with van der Waals surface area (Å²) >= 11 is 5.97. The molecule has 1 aromatic carbocycles. The second-order valence-corrected chi connectivity index (χ2v) is 7.36. The van der Waals surface area contributed by atoms with Crippen LogP contribution in [0.15, 0.2) is 18.2 Å². The molecular formula is C18H22ClN3O2. The Hall–Kier alpha value is -1.61. The van der Waals surface area contributed by atoms with E-state index in [2.05, 4.69) is 23.2 Å². The summed E-state index contributed by atoms with van der Waals surface area (Å²) < 4.78 is 5.48. The number of carbonyl (C=O) groups excluding carboxylic acids is 1. The van der Waals surface area contributed by atoms with Crippen molar-refractivity contribution in [3.63, 3.8) is 0 Å². The van der Waals surface area contributed by atoms with E-state index in [-0.39, 0.29) is 5.91 Å². The van der Waals surface area contributed by atoms with Gasteiger partial charge in [0.05, 0.1) is 17.8 Å². The zero-order chi connectivity index (χ0) is 17.2. The lowest BCUT2D eigenvalue weighted by Gasteiger charge is -2.33. The largest absolute Gasteiger partial charge is 0.381 e. The van der Waals surface area contributed by atoms with Crippen LogP contribution < -0.4 is 5.32 Å². The molecule has 1 aromatic rings. The van der Waals surface area contributed by atoms with Gasteiger partial charge in [-0.15, -0.1) is 0 Å². The van der Waals surface area contributed by atoms with E-state index in [0.29, 0.717) is 34.3 Å². The number of hydrogen-bond acceptors (Lipinski definition) is 4. The Morgan fingerprint density at radius 2 is 2.25 bits per heavy atom. The van der Waals surface area contributed by atoms with E-state index in [1.54, 1.807) is 18.2 Å². The molecule has 2 fully saturated rings. The fourth-order valence-electron chi connectivity index (χ4n) is 3.88. The highest BCUT2D eigenvalue weighted by Gasteiger charge is 2.43. The van der Waals surface area contributed by atoms with E-state index < -0.39 is 0 Å². The molecule has 6 heteroatoms. The summed E-state index contributed by atoms with van der Waals surface area (Å²) in [5.41, 5.74) is 1.19. The number of nitrogens with zero attached hydrogens (tertiary/aromatic N) is 2. The maximum atomic E-state index is 12.4. The first-order chi connectivity index (χ1) is 11.5. The Balaban J connectivity index is 1.63. The van der Waals surface area contributed by atoms with E-state index in [1.807, 2.05) is 0 Å². The van der Waals surface area contributed by atoms with Crippen LogP contribution in [0, 0.1) is 16.7 Å². The second-order valence-electron chi connectivity index (χ2n) is 6.92. The predicted octanol–water partition coefficient (Wildman–Crippen LogP) is 3.04. The van der Waals surface area contributed by atoms with Crippen molar-refractivity contribution in [2.75, 3.05) is 31.6 Å². The van der Waals surface area contributed by atoms with Crippen molar-refractivity contribution in [2.24, 2.45) is 5.41 Å². The van der Waals surface area contributed by atoms with Gasteiger partial charge >= 0.3 is 0 Å². The summed E-state index contributed by atoms with van der Waals surface area (Å²) in [4.78, 5) is 14.7. The molecule has 2 heterocycles. The number of anilines is 1. The first kappa shape index (κ1) is 17.2. The summed E-state index contributed by atoms with van der Waals surface area (Å²) in [7, 11) is 0. The van der Waals surface area contributed by atoms with Gasteiger partial charge in [-0.1, -0.05) is 11.6 Å². The fourth-order valence-corrected chi connectivity index (χ4v) is 4.05. The molecule has 1 N–H and O–H groups in total. The third kappa shape index (κ3) is 3.72. The Kier molecular flexibility index (Phi) is 5.09. The summed E-state index contributed by atoms with van der Waals surface area (Å²) in [6, 6.07) is 7.34. The maximum Gasteiger partial charge on any atom is 0.238 e. The third-order valence-electron chi connectivity index (χ3n) is 5.17. The molecule has 1 unspecified atom stereocenters. The predicted molar refractivity (Wildman–Crippen MR) is 92.9 cm³/mol. The molecule has 1 atom stereocenters. The number of carbonyl (C=O) groups is 1. The van der Waals surface area contributed by atoms with Crippen molar-refractivity contribution < 1.29 is 9.53 Å². The molecule has 0 radical (unpaired) electrons. The quantitative estimate of drug-likeness (QED) is 0.912. The average molecular weight is 348 g/mol. The first-order valence-corrected chi connectivity index (χ1v) is 8.70. The number of ether oxygens (including phenoxy) is 1. The van der Waals surface area contributed by atoms with E-state index >= 15 is 0 Å². The van der Waals surface area contributed by atoms with Crippen molar-refractivity contribution in [2.45, 2.75) is 32.2 Å². The number of nitrogens with one attached hydrogen (secondary N) is 1. The van der Waals surface area contributed by atoms with E-state index in [1.165, 1.54) is 0 Å². The Morgan fingerprint density at radius 3 is 2.96 bits per heavy atom. The van der Waals surface area contributed by atoms with E-state index in [0.717, 1.165) is 39.0 Å². The monoisotopic (exact) mass is 347 g/mol. The highest BCUT2D eigenvalue weighted by atomic mass is 35.5. The number of likely N-dealkylation sites (tertiary alicyclic amines) is 1. The van der Waals surface area contributed by atoms with Gasteiger partial charge in [-0.2, -0.15) is 5.26 Å². The van der Waals surface area contributed by atoms with Crippen molar-refractivity contribution in [3.05, 3.63) is 28.8 Å². The molecule has 0 saturated carbocycles. The minimum absolute atomic E-state index is 0.107. The zero-order valence-electron chi connectivity index (χ0n) is 13.8. The first-order valence-electron chi connectivity index (χ1n) is 8.33. The van der Waals surface area contributed by atoms with Crippen LogP contribution in [0.4, 0.5) is 5.69 Å². The Labute approximate surface area is 147 Å². The number of benzene rings is 1. The summed E-state index contributed by atoms with van der Waals surface area (Å²) in [5, 5.41) is 12.5. The topological polar surface area (TPSA) is 65.4 Å². The molecule has 128 valence electrons. The van der Waals surface area contributed by atoms with Gasteiger partial charge in [0.15, 0.2) is 0 Å². The molecule has 0 aromatic heterocycles. The van der Waals surface area contributed by atoms with Gasteiger partial charge in [0.2, 0.25) is 5.91 Å². The van der Waals surface area contributed by atoms with Crippen molar-refractivity contribution in [1.29, 1.82) is 5.26 Å². The fraction of sp³-hybridized carbons (Fsp3) is 0.556. The van der Waals surface area contributed by atoms with Crippen LogP contribution >= 0.6 is 11.6 Å². The van der Waals surface area contributed by atoms with E-state index in [9.17, 15) is 4.79 Å². The molecule has 0 aliphatic carbocycles. The van der Waals surface area contributed by atoms with Gasteiger partial charge in [0, 0.05) is 30.8 Å². The number of hydrogen-bond donors (Lipinski definition) is 1. The Bertz CT molecular complexity index is 665. The van der Waals surface area contributed by atoms with Gasteiger partial charge in [0.25, 0.3) is 0 Å². The van der Waals surface area contributed by atoms with Crippen molar-refractivity contribution in [3.8, 4) is 6.07 Å². The molecule has 5 nitrogen and oxygen atoms in total. The zero-order valence-corrected chi connectivity index (χ0v) is 14.6. The lowest BCUT2D eigenvalue weighted by Crippen LogP contribution is -2.38. The van der Waals surface area contributed by atoms with Crippen LogP contribution in [0.25, 0.3) is 0 Å². The molecular weight excluding hydrogens is 326 g/mol. The third-order valence-corrected chi connectivity index (χ3v) is 5.40. The molecule has 3 rings (SSSR count). The van der Waals surface area contributed by atoms with Crippen LogP contribution in [0.1, 0.15) is 31.7 Å². The summed E-state index contributed by atoms with van der Waals surface area (Å²) in [5.74, 6) is -0.107. The smallest absolute Gasteiger partial charge is 0.238 e. The highest BCUT2D eigenvalue weighted by Crippen LogP contribution is 2.42. The molecule has 0 bridgehead atoms. The minimum atomic E-state index is -0.107. The van der Waals surface area contributed by atoms with Crippen LogP contribution in [0.3, 0.4) is 0 Å². The maximum absolute atomic E-state index is 12.4. The number of nitriles is 1. The molecule has 2 aliphatic heterocycles. The van der Waals surface area contributed by atoms with Crippen molar-refractivity contribution >= 4 is 23.2 Å². The summed E-state index contributed by atoms with van der Waals surface area (Å²) in [6.45, 7) is 5.09. The van der Waals surface area contributed by atoms with E-state index in [4.69, 9.17) is 21.6 Å². The lowest BCUT2D eigenvalue weighted by atomic mass is 9.78. The average Bonchev–Trinajstić information content (AvgIpc) is 2.83. The number of amides is 1. The lowest BCUT2D eigenvalue weighted by molar-refractivity contribution is -0.117.